The van der Waals surface area contributed by atoms with E-state index < -0.39 is 11.9 Å². The number of anilines is 1. The van der Waals surface area contributed by atoms with Gasteiger partial charge in [-0.25, -0.2) is 4.68 Å². The van der Waals surface area contributed by atoms with E-state index in [1.54, 1.807) is 45.1 Å². The van der Waals surface area contributed by atoms with Crippen LogP contribution in [0.3, 0.4) is 0 Å². The van der Waals surface area contributed by atoms with E-state index in [2.05, 4.69) is 5.32 Å². The first-order valence-corrected chi connectivity index (χ1v) is 12.2. The molecule has 2 heterocycles. The molecule has 1 unspecified atom stereocenters. The molecule has 4 aromatic rings. The number of allylic oxidation sites excluding steroid dienone is 1. The molecule has 0 saturated carbocycles. The summed E-state index contributed by atoms with van der Waals surface area (Å²) in [7, 11) is 4.71. The van der Waals surface area contributed by atoms with Crippen LogP contribution in [0, 0.1) is 0 Å². The summed E-state index contributed by atoms with van der Waals surface area (Å²) in [5.74, 6) is 2.58. The minimum atomic E-state index is -0.641. The van der Waals surface area contributed by atoms with Gasteiger partial charge in [0.1, 0.15) is 12.6 Å². The Hall–Kier alpha value is -4.99. The summed E-state index contributed by atoms with van der Waals surface area (Å²) >= 11 is 0. The van der Waals surface area contributed by atoms with Crippen LogP contribution >= 0.6 is 0 Å². The van der Waals surface area contributed by atoms with Gasteiger partial charge < -0.3 is 30.0 Å². The van der Waals surface area contributed by atoms with Crippen molar-refractivity contribution in [3.63, 3.8) is 0 Å². The average molecular weight is 528 g/mol. The van der Waals surface area contributed by atoms with Gasteiger partial charge in [0.2, 0.25) is 11.9 Å². The van der Waals surface area contributed by atoms with Crippen molar-refractivity contribution < 1.29 is 23.7 Å². The molecular weight excluding hydrogens is 498 g/mol. The Morgan fingerprint density at radius 2 is 1.62 bits per heavy atom. The molecule has 0 aliphatic carbocycles. The largest absolute Gasteiger partial charge is 0.493 e. The van der Waals surface area contributed by atoms with Crippen LogP contribution in [0.2, 0.25) is 0 Å². The third-order valence-electron chi connectivity index (χ3n) is 6.50. The van der Waals surface area contributed by atoms with E-state index >= 15 is 0 Å². The van der Waals surface area contributed by atoms with Crippen LogP contribution in [0.1, 0.15) is 24.1 Å². The van der Waals surface area contributed by atoms with Crippen molar-refractivity contribution in [3.05, 3.63) is 89.1 Å². The summed E-state index contributed by atoms with van der Waals surface area (Å²) in [6.45, 7) is 2.17. The van der Waals surface area contributed by atoms with Gasteiger partial charge in [-0.05, 0) is 48.4 Å². The maximum Gasteiger partial charge on any atom is 0.248 e. The smallest absolute Gasteiger partial charge is 0.248 e. The summed E-state index contributed by atoms with van der Waals surface area (Å²) in [6.07, 6.45) is 0. The standard InChI is InChI=1S/C29H29N5O5/c1-17-25(27(30)35)26(19-10-13-22(24(14-19)38-4)39-16-18-8-6-5-7-9-18)34-29(31-17)32-28(33-34)20-11-12-21(36-2)23(15-20)37-3/h5-15,26H,16H2,1-4H3,(H2,30,35)(H,31,32,33). The van der Waals surface area contributed by atoms with E-state index in [0.29, 0.717) is 52.6 Å². The highest BCUT2D eigenvalue weighted by molar-refractivity contribution is 5.95. The third kappa shape index (κ3) is 4.96. The minimum absolute atomic E-state index is 0.367. The summed E-state index contributed by atoms with van der Waals surface area (Å²) in [5, 5.41) is 7.93. The summed E-state index contributed by atoms with van der Waals surface area (Å²) in [6, 6.07) is 20.2. The lowest BCUT2D eigenvalue weighted by molar-refractivity contribution is -0.115. The topological polar surface area (TPSA) is 123 Å². The number of primary amides is 1. The maximum absolute atomic E-state index is 12.6. The number of nitrogens with zero attached hydrogens (tertiary/aromatic N) is 3. The number of carbonyl (C=O) groups is 1. The lowest BCUT2D eigenvalue weighted by Gasteiger charge is -2.28. The van der Waals surface area contributed by atoms with Gasteiger partial charge in [-0.1, -0.05) is 36.4 Å². The zero-order chi connectivity index (χ0) is 27.5. The monoisotopic (exact) mass is 527 g/mol. The summed E-state index contributed by atoms with van der Waals surface area (Å²) < 4.78 is 24.1. The van der Waals surface area contributed by atoms with Crippen LogP contribution < -0.4 is 30.0 Å². The lowest BCUT2D eigenvalue weighted by atomic mass is 9.95. The highest BCUT2D eigenvalue weighted by Gasteiger charge is 2.34. The van der Waals surface area contributed by atoms with Crippen molar-refractivity contribution >= 4 is 11.9 Å². The van der Waals surface area contributed by atoms with Gasteiger partial charge in [0.25, 0.3) is 0 Å². The number of ether oxygens (including phenoxy) is 4. The second-order valence-corrected chi connectivity index (χ2v) is 8.89. The molecule has 3 aromatic carbocycles. The molecule has 1 aliphatic heterocycles. The number of methoxy groups -OCH3 is 3. The van der Waals surface area contributed by atoms with Gasteiger partial charge in [0, 0.05) is 11.3 Å². The summed E-state index contributed by atoms with van der Waals surface area (Å²) in [5.41, 5.74) is 9.30. The molecule has 1 aliphatic rings. The molecule has 1 aromatic heterocycles. The number of nitrogens with one attached hydrogen (secondary N) is 1. The Morgan fingerprint density at radius 1 is 0.923 bits per heavy atom. The Labute approximate surface area is 226 Å². The van der Waals surface area contributed by atoms with Crippen LogP contribution in [-0.4, -0.2) is 42.0 Å². The van der Waals surface area contributed by atoms with E-state index in [1.165, 1.54) is 0 Å². The number of fused-ring (bicyclic) bond motifs is 1. The molecule has 200 valence electrons. The lowest BCUT2D eigenvalue weighted by Crippen LogP contribution is -2.31. The zero-order valence-corrected chi connectivity index (χ0v) is 22.1. The van der Waals surface area contributed by atoms with Crippen LogP contribution in [0.25, 0.3) is 11.4 Å². The van der Waals surface area contributed by atoms with Gasteiger partial charge in [-0.15, -0.1) is 5.10 Å². The number of carbonyl (C=O) groups excluding carboxylic acids is 1. The fourth-order valence-corrected chi connectivity index (χ4v) is 4.58. The Balaban J connectivity index is 1.54. The average Bonchev–Trinajstić information content (AvgIpc) is 3.38. The second-order valence-electron chi connectivity index (χ2n) is 8.89. The van der Waals surface area contributed by atoms with E-state index in [-0.39, 0.29) is 0 Å². The molecule has 5 rings (SSSR count). The molecule has 3 N–H and O–H groups in total. The van der Waals surface area contributed by atoms with Crippen LogP contribution in [-0.2, 0) is 11.4 Å². The number of nitrogens with two attached hydrogens (primary N) is 1. The van der Waals surface area contributed by atoms with Crippen LogP contribution in [0.5, 0.6) is 23.0 Å². The molecule has 10 nitrogen and oxygen atoms in total. The predicted octanol–water partition coefficient (Wildman–Crippen LogP) is 4.32. The molecule has 0 radical (unpaired) electrons. The van der Waals surface area contributed by atoms with E-state index in [0.717, 1.165) is 16.7 Å². The normalized spacial score (nSPS) is 14.3. The first kappa shape index (κ1) is 25.7. The molecular formula is C29H29N5O5. The fraction of sp³-hybridized carbons (Fsp3) is 0.207. The Morgan fingerprint density at radius 3 is 2.31 bits per heavy atom. The first-order valence-electron chi connectivity index (χ1n) is 12.2. The number of hydrogen-bond acceptors (Lipinski definition) is 8. The highest BCUT2D eigenvalue weighted by atomic mass is 16.5. The number of aromatic nitrogens is 3. The van der Waals surface area contributed by atoms with Gasteiger partial charge in [0.05, 0.1) is 26.9 Å². The van der Waals surface area contributed by atoms with E-state index in [9.17, 15) is 4.79 Å². The predicted molar refractivity (Wildman–Crippen MR) is 146 cm³/mol. The minimum Gasteiger partial charge on any atom is -0.493 e. The van der Waals surface area contributed by atoms with E-state index in [4.69, 9.17) is 34.8 Å². The zero-order valence-electron chi connectivity index (χ0n) is 22.1. The van der Waals surface area contributed by atoms with Crippen molar-refractivity contribution in [2.75, 3.05) is 26.6 Å². The van der Waals surface area contributed by atoms with Gasteiger partial charge >= 0.3 is 0 Å². The molecule has 1 atom stereocenters. The fourth-order valence-electron chi connectivity index (χ4n) is 4.58. The van der Waals surface area contributed by atoms with Crippen molar-refractivity contribution in [1.29, 1.82) is 0 Å². The van der Waals surface area contributed by atoms with Crippen molar-refractivity contribution in [3.8, 4) is 34.4 Å². The maximum atomic E-state index is 12.6. The molecule has 0 saturated heterocycles. The molecule has 0 spiro atoms. The van der Waals surface area contributed by atoms with Crippen molar-refractivity contribution in [1.82, 2.24) is 14.8 Å². The molecule has 39 heavy (non-hydrogen) atoms. The number of hydrogen-bond donors (Lipinski definition) is 2. The SMILES string of the molecule is COc1ccc(-c2nc3n(n2)C(c2ccc(OCc4ccccc4)c(OC)c2)C(C(N)=O)=C(C)N3)cc1OC. The van der Waals surface area contributed by atoms with Crippen LogP contribution in [0.4, 0.5) is 5.95 Å². The Kier molecular flexibility index (Phi) is 7.09. The van der Waals surface area contributed by atoms with Crippen LogP contribution in [0.15, 0.2) is 78.0 Å². The van der Waals surface area contributed by atoms with Gasteiger partial charge in [-0.2, -0.15) is 4.98 Å². The second kappa shape index (κ2) is 10.8. The van der Waals surface area contributed by atoms with Crippen molar-refractivity contribution in [2.45, 2.75) is 19.6 Å². The van der Waals surface area contributed by atoms with E-state index in [1.807, 2.05) is 54.6 Å². The molecule has 1 amide bonds. The molecule has 0 bridgehead atoms. The quantitative estimate of drug-likeness (QED) is 0.330. The number of rotatable bonds is 9. The number of benzene rings is 3. The Bertz CT molecular complexity index is 1550. The van der Waals surface area contributed by atoms with Gasteiger partial charge in [0.15, 0.2) is 28.8 Å². The highest BCUT2D eigenvalue weighted by Crippen LogP contribution is 2.40. The van der Waals surface area contributed by atoms with Gasteiger partial charge in [-0.3, -0.25) is 4.79 Å². The first-order chi connectivity index (χ1) is 18.9. The van der Waals surface area contributed by atoms with Crippen molar-refractivity contribution in [2.24, 2.45) is 5.73 Å². The third-order valence-corrected chi connectivity index (χ3v) is 6.50. The number of amides is 1. The summed E-state index contributed by atoms with van der Waals surface area (Å²) in [4.78, 5) is 17.3. The molecule has 0 fully saturated rings. The molecule has 10 heteroatoms.